The van der Waals surface area contributed by atoms with Crippen LogP contribution < -0.4 is 14.8 Å². The number of ether oxygens (including phenoxy) is 3. The number of carbonyl (C=O) groups is 1. The maximum Gasteiger partial charge on any atom is 0.407 e. The van der Waals surface area contributed by atoms with Crippen LogP contribution in [0.2, 0.25) is 5.02 Å². The van der Waals surface area contributed by atoms with Gasteiger partial charge in [0.15, 0.2) is 0 Å². The van der Waals surface area contributed by atoms with Crippen molar-refractivity contribution in [1.29, 1.82) is 0 Å². The molecule has 1 heterocycles. The van der Waals surface area contributed by atoms with E-state index in [1.165, 1.54) is 0 Å². The van der Waals surface area contributed by atoms with Crippen LogP contribution in [-0.2, 0) is 11.3 Å². The summed E-state index contributed by atoms with van der Waals surface area (Å²) in [5, 5.41) is 5.29. The number of aromatic nitrogens is 1. The number of nitrogens with one attached hydrogen (secondary N) is 1. The molecule has 6 nitrogen and oxygen atoms in total. The van der Waals surface area contributed by atoms with Gasteiger partial charge in [-0.15, -0.1) is 0 Å². The number of hydrogen-bond acceptors (Lipinski definition) is 5. The Labute approximate surface area is 205 Å². The van der Waals surface area contributed by atoms with E-state index in [2.05, 4.69) is 10.3 Å². The average Bonchev–Trinajstić information content (AvgIpc) is 2.79. The highest BCUT2D eigenvalue weighted by molar-refractivity contribution is 6.33. The van der Waals surface area contributed by atoms with E-state index in [1.54, 1.807) is 6.20 Å². The fourth-order valence-corrected chi connectivity index (χ4v) is 4.27. The van der Waals surface area contributed by atoms with E-state index >= 15 is 0 Å². The van der Waals surface area contributed by atoms with Gasteiger partial charge in [-0.2, -0.15) is 0 Å². The van der Waals surface area contributed by atoms with Crippen molar-refractivity contribution >= 4 is 28.5 Å². The number of hydrogen-bond donors (Lipinski definition) is 1. The summed E-state index contributed by atoms with van der Waals surface area (Å²) in [5.74, 6) is 1.20. The standard InChI is InChI=1S/C27H31ClN2O4/c1-27(2,3)34-26(31)30-20-9-11-21(12-10-20)33-24-15-19-13-14-29-25(22(19)16-23(24)28)32-17-18-7-5-4-6-8-18/h4-8,13-16,20-21H,9-12,17H2,1-3H3,(H,30,31)/t20-,21+. The van der Waals surface area contributed by atoms with Gasteiger partial charge in [-0.3, -0.25) is 0 Å². The Morgan fingerprint density at radius 1 is 1.09 bits per heavy atom. The number of fused-ring (bicyclic) bond motifs is 1. The molecule has 0 saturated heterocycles. The SMILES string of the molecule is CC(C)(C)OC(=O)N[C@H]1CC[C@@H](Oc2cc3ccnc(OCc4ccccc4)c3cc2Cl)CC1. The number of pyridine rings is 1. The van der Waals surface area contributed by atoms with E-state index in [9.17, 15) is 4.79 Å². The van der Waals surface area contributed by atoms with Crippen LogP contribution in [0.15, 0.2) is 54.7 Å². The molecule has 1 fully saturated rings. The Balaban J connectivity index is 1.37. The van der Waals surface area contributed by atoms with Gasteiger partial charge in [-0.05, 0) is 75.6 Å². The lowest BCUT2D eigenvalue weighted by Crippen LogP contribution is -2.42. The summed E-state index contributed by atoms with van der Waals surface area (Å²) in [4.78, 5) is 16.4. The van der Waals surface area contributed by atoms with Gasteiger partial charge in [0, 0.05) is 17.6 Å². The molecule has 1 aliphatic carbocycles. The molecule has 2 aromatic carbocycles. The number of halogens is 1. The Hall–Kier alpha value is -2.99. The Kier molecular flexibility index (Phi) is 7.47. The van der Waals surface area contributed by atoms with Gasteiger partial charge in [0.1, 0.15) is 18.0 Å². The van der Waals surface area contributed by atoms with Crippen LogP contribution in [0.3, 0.4) is 0 Å². The van der Waals surface area contributed by atoms with E-state index < -0.39 is 5.60 Å². The van der Waals surface area contributed by atoms with Gasteiger partial charge in [0.25, 0.3) is 0 Å². The van der Waals surface area contributed by atoms with Gasteiger partial charge < -0.3 is 19.5 Å². The molecule has 3 aromatic rings. The van der Waals surface area contributed by atoms with Crippen LogP contribution >= 0.6 is 11.6 Å². The maximum atomic E-state index is 12.0. The molecule has 7 heteroatoms. The summed E-state index contributed by atoms with van der Waals surface area (Å²) in [6, 6.07) is 15.8. The van der Waals surface area contributed by atoms with Gasteiger partial charge in [0.05, 0.1) is 11.1 Å². The van der Waals surface area contributed by atoms with Crippen molar-refractivity contribution in [3.8, 4) is 11.6 Å². The molecule has 1 aliphatic rings. The number of alkyl carbamates (subject to hydrolysis) is 1. The summed E-state index contributed by atoms with van der Waals surface area (Å²) in [7, 11) is 0. The predicted octanol–water partition coefficient (Wildman–Crippen LogP) is 6.68. The molecule has 1 amide bonds. The zero-order valence-electron chi connectivity index (χ0n) is 19.8. The highest BCUT2D eigenvalue weighted by atomic mass is 35.5. The fraction of sp³-hybridized carbons (Fsp3) is 0.407. The van der Waals surface area contributed by atoms with Crippen molar-refractivity contribution in [3.63, 3.8) is 0 Å². The number of nitrogens with zero attached hydrogens (tertiary/aromatic N) is 1. The van der Waals surface area contributed by atoms with Gasteiger partial charge in [-0.1, -0.05) is 41.9 Å². The van der Waals surface area contributed by atoms with Crippen LogP contribution in [-0.4, -0.2) is 28.8 Å². The van der Waals surface area contributed by atoms with E-state index in [4.69, 9.17) is 25.8 Å². The van der Waals surface area contributed by atoms with Crippen molar-refractivity contribution in [2.24, 2.45) is 0 Å². The Morgan fingerprint density at radius 2 is 1.82 bits per heavy atom. The number of carbonyl (C=O) groups excluding carboxylic acids is 1. The normalized spacial score (nSPS) is 18.4. The Bertz CT molecular complexity index is 1120. The quantitative estimate of drug-likeness (QED) is 0.424. The maximum absolute atomic E-state index is 12.0. The van der Waals surface area contributed by atoms with Crippen LogP contribution in [0.5, 0.6) is 11.6 Å². The summed E-state index contributed by atoms with van der Waals surface area (Å²) < 4.78 is 17.6. The molecule has 0 atom stereocenters. The number of benzene rings is 2. The van der Waals surface area contributed by atoms with E-state index in [0.29, 0.717) is 23.3 Å². The van der Waals surface area contributed by atoms with E-state index in [-0.39, 0.29) is 18.2 Å². The van der Waals surface area contributed by atoms with Crippen LogP contribution in [0.1, 0.15) is 52.0 Å². The minimum absolute atomic E-state index is 0.0438. The molecule has 0 radical (unpaired) electrons. The lowest BCUT2D eigenvalue weighted by molar-refractivity contribution is 0.0471. The molecule has 0 spiro atoms. The third-order valence-electron chi connectivity index (χ3n) is 5.69. The second kappa shape index (κ2) is 10.5. The minimum atomic E-state index is -0.501. The van der Waals surface area contributed by atoms with Gasteiger partial charge in [-0.25, -0.2) is 9.78 Å². The molecular weight excluding hydrogens is 452 g/mol. The second-order valence-electron chi connectivity index (χ2n) is 9.63. The molecule has 4 rings (SSSR count). The van der Waals surface area contributed by atoms with E-state index in [1.807, 2.05) is 69.3 Å². The molecule has 1 N–H and O–H groups in total. The van der Waals surface area contributed by atoms with Crippen molar-refractivity contribution in [1.82, 2.24) is 10.3 Å². The summed E-state index contributed by atoms with van der Waals surface area (Å²) in [6.07, 6.45) is 4.73. The summed E-state index contributed by atoms with van der Waals surface area (Å²) in [5.41, 5.74) is 0.572. The topological polar surface area (TPSA) is 69.7 Å². The van der Waals surface area contributed by atoms with E-state index in [0.717, 1.165) is 42.0 Å². The average molecular weight is 483 g/mol. The third kappa shape index (κ3) is 6.54. The van der Waals surface area contributed by atoms with Crippen molar-refractivity contribution in [3.05, 3.63) is 65.3 Å². The van der Waals surface area contributed by atoms with Crippen molar-refractivity contribution < 1.29 is 19.0 Å². The molecule has 1 aromatic heterocycles. The lowest BCUT2D eigenvalue weighted by Gasteiger charge is -2.30. The molecular formula is C27H31ClN2O4. The fourth-order valence-electron chi connectivity index (χ4n) is 4.06. The Morgan fingerprint density at radius 3 is 2.53 bits per heavy atom. The van der Waals surface area contributed by atoms with Crippen molar-refractivity contribution in [2.45, 2.75) is 70.8 Å². The summed E-state index contributed by atoms with van der Waals surface area (Å²) in [6.45, 7) is 6.01. The first-order valence-electron chi connectivity index (χ1n) is 11.7. The molecule has 1 saturated carbocycles. The summed E-state index contributed by atoms with van der Waals surface area (Å²) >= 11 is 6.59. The number of rotatable bonds is 6. The molecule has 0 aliphatic heterocycles. The molecule has 0 unspecified atom stereocenters. The monoisotopic (exact) mass is 482 g/mol. The molecule has 0 bridgehead atoms. The highest BCUT2D eigenvalue weighted by Crippen LogP contribution is 2.36. The van der Waals surface area contributed by atoms with Gasteiger partial charge in [0.2, 0.25) is 5.88 Å². The van der Waals surface area contributed by atoms with Crippen molar-refractivity contribution in [2.75, 3.05) is 0 Å². The highest BCUT2D eigenvalue weighted by Gasteiger charge is 2.26. The second-order valence-corrected chi connectivity index (χ2v) is 10.0. The first-order chi connectivity index (χ1) is 16.3. The first-order valence-corrected chi connectivity index (χ1v) is 12.1. The van der Waals surface area contributed by atoms with Crippen LogP contribution in [0.4, 0.5) is 4.79 Å². The predicted molar refractivity (Wildman–Crippen MR) is 134 cm³/mol. The lowest BCUT2D eigenvalue weighted by atomic mass is 9.93. The van der Waals surface area contributed by atoms with Crippen LogP contribution in [0, 0.1) is 0 Å². The van der Waals surface area contributed by atoms with Gasteiger partial charge >= 0.3 is 6.09 Å². The van der Waals surface area contributed by atoms with Crippen LogP contribution in [0.25, 0.3) is 10.8 Å². The zero-order chi connectivity index (χ0) is 24.1. The largest absolute Gasteiger partial charge is 0.489 e. The minimum Gasteiger partial charge on any atom is -0.489 e. The zero-order valence-corrected chi connectivity index (χ0v) is 20.6. The smallest absolute Gasteiger partial charge is 0.407 e. The number of amides is 1. The first kappa shape index (κ1) is 24.1. The molecule has 34 heavy (non-hydrogen) atoms. The third-order valence-corrected chi connectivity index (χ3v) is 5.98. The molecule has 180 valence electrons.